The minimum Gasteiger partial charge on any atom is -0.336 e. The minimum absolute atomic E-state index is 0.0177. The SMILES string of the molecule is CCCCS(=O)(=O)N1CCN(C(=O)c2ccc(C(C)C)cc2)CC1. The van der Waals surface area contributed by atoms with E-state index in [0.29, 0.717) is 44.1 Å². The fourth-order valence-electron chi connectivity index (χ4n) is 2.82. The number of benzene rings is 1. The average Bonchev–Trinajstić information content (AvgIpc) is 2.59. The Bertz CT molecular complexity index is 645. The third kappa shape index (κ3) is 4.57. The van der Waals surface area contributed by atoms with Crippen LogP contribution < -0.4 is 0 Å². The highest BCUT2D eigenvalue weighted by molar-refractivity contribution is 7.89. The van der Waals surface area contributed by atoms with Crippen LogP contribution in [0.2, 0.25) is 0 Å². The summed E-state index contributed by atoms with van der Waals surface area (Å²) in [6, 6.07) is 7.71. The van der Waals surface area contributed by atoms with E-state index >= 15 is 0 Å². The summed E-state index contributed by atoms with van der Waals surface area (Å²) in [6.07, 6.45) is 1.55. The van der Waals surface area contributed by atoms with E-state index < -0.39 is 10.0 Å². The van der Waals surface area contributed by atoms with E-state index in [0.717, 1.165) is 6.42 Å². The zero-order valence-corrected chi connectivity index (χ0v) is 15.7. The van der Waals surface area contributed by atoms with Crippen molar-refractivity contribution in [1.82, 2.24) is 9.21 Å². The van der Waals surface area contributed by atoms with Crippen LogP contribution >= 0.6 is 0 Å². The maximum absolute atomic E-state index is 12.6. The third-order valence-electron chi connectivity index (χ3n) is 4.50. The number of hydrogen-bond donors (Lipinski definition) is 0. The van der Waals surface area contributed by atoms with Gasteiger partial charge in [-0.2, -0.15) is 4.31 Å². The first-order valence-electron chi connectivity index (χ1n) is 8.72. The van der Waals surface area contributed by atoms with Gasteiger partial charge in [0.15, 0.2) is 0 Å². The maximum Gasteiger partial charge on any atom is 0.253 e. The largest absolute Gasteiger partial charge is 0.336 e. The molecule has 6 heteroatoms. The summed E-state index contributed by atoms with van der Waals surface area (Å²) in [5, 5.41) is 0. The number of amides is 1. The van der Waals surface area contributed by atoms with Crippen molar-refractivity contribution in [2.75, 3.05) is 31.9 Å². The molecule has 134 valence electrons. The Balaban J connectivity index is 1.95. The molecule has 0 aromatic heterocycles. The molecule has 0 saturated carbocycles. The van der Waals surface area contributed by atoms with Gasteiger partial charge < -0.3 is 4.90 Å². The Labute approximate surface area is 145 Å². The van der Waals surface area contributed by atoms with Gasteiger partial charge in [-0.3, -0.25) is 4.79 Å². The van der Waals surface area contributed by atoms with E-state index in [4.69, 9.17) is 0 Å². The molecule has 1 aromatic rings. The number of unbranched alkanes of at least 4 members (excludes halogenated alkanes) is 1. The van der Waals surface area contributed by atoms with Crippen LogP contribution in [0.25, 0.3) is 0 Å². The lowest BCUT2D eigenvalue weighted by Crippen LogP contribution is -2.51. The van der Waals surface area contributed by atoms with Gasteiger partial charge >= 0.3 is 0 Å². The van der Waals surface area contributed by atoms with Gasteiger partial charge in [0, 0.05) is 31.7 Å². The topological polar surface area (TPSA) is 57.7 Å². The van der Waals surface area contributed by atoms with Crippen LogP contribution in [0.1, 0.15) is 55.5 Å². The van der Waals surface area contributed by atoms with Crippen LogP contribution in [0.5, 0.6) is 0 Å². The van der Waals surface area contributed by atoms with Crippen molar-refractivity contribution < 1.29 is 13.2 Å². The molecule has 1 heterocycles. The smallest absolute Gasteiger partial charge is 0.253 e. The molecule has 24 heavy (non-hydrogen) atoms. The van der Waals surface area contributed by atoms with Gasteiger partial charge in [0.1, 0.15) is 0 Å². The Morgan fingerprint density at radius 1 is 1.08 bits per heavy atom. The second kappa shape index (κ2) is 8.12. The van der Waals surface area contributed by atoms with Gasteiger partial charge in [0.2, 0.25) is 10.0 Å². The summed E-state index contributed by atoms with van der Waals surface area (Å²) in [7, 11) is -3.18. The number of sulfonamides is 1. The molecular weight excluding hydrogens is 324 g/mol. The van der Waals surface area contributed by atoms with E-state index in [1.54, 1.807) is 4.90 Å². The first kappa shape index (κ1) is 18.9. The van der Waals surface area contributed by atoms with Crippen molar-refractivity contribution in [2.24, 2.45) is 0 Å². The molecule has 0 radical (unpaired) electrons. The molecule has 0 N–H and O–H groups in total. The monoisotopic (exact) mass is 352 g/mol. The average molecular weight is 353 g/mol. The zero-order chi connectivity index (χ0) is 17.7. The number of carbonyl (C=O) groups excluding carboxylic acids is 1. The molecule has 0 spiro atoms. The van der Waals surface area contributed by atoms with E-state index in [1.807, 2.05) is 31.2 Å². The number of hydrogen-bond acceptors (Lipinski definition) is 3. The summed E-state index contributed by atoms with van der Waals surface area (Å²) in [5.41, 5.74) is 1.88. The van der Waals surface area contributed by atoms with Crippen molar-refractivity contribution in [3.05, 3.63) is 35.4 Å². The highest BCUT2D eigenvalue weighted by Gasteiger charge is 2.28. The summed E-state index contributed by atoms with van der Waals surface area (Å²) < 4.78 is 26.0. The van der Waals surface area contributed by atoms with E-state index in [2.05, 4.69) is 13.8 Å². The summed E-state index contributed by atoms with van der Waals surface area (Å²) in [4.78, 5) is 14.3. The van der Waals surface area contributed by atoms with Crippen molar-refractivity contribution in [2.45, 2.75) is 39.5 Å². The van der Waals surface area contributed by atoms with Gasteiger partial charge in [-0.1, -0.05) is 39.3 Å². The Morgan fingerprint density at radius 3 is 2.17 bits per heavy atom. The van der Waals surface area contributed by atoms with E-state index in [-0.39, 0.29) is 11.7 Å². The summed E-state index contributed by atoms with van der Waals surface area (Å²) >= 11 is 0. The highest BCUT2D eigenvalue weighted by atomic mass is 32.2. The fraction of sp³-hybridized carbons (Fsp3) is 0.611. The maximum atomic E-state index is 12.6. The first-order chi connectivity index (χ1) is 11.3. The molecule has 1 aromatic carbocycles. The molecular formula is C18H28N2O3S. The summed E-state index contributed by atoms with van der Waals surface area (Å²) in [5.74, 6) is 0.621. The number of piperazine rings is 1. The Hall–Kier alpha value is -1.40. The summed E-state index contributed by atoms with van der Waals surface area (Å²) in [6.45, 7) is 7.91. The van der Waals surface area contributed by atoms with Crippen molar-refractivity contribution in [3.63, 3.8) is 0 Å². The molecule has 0 atom stereocenters. The molecule has 5 nitrogen and oxygen atoms in total. The molecule has 1 aliphatic heterocycles. The lowest BCUT2D eigenvalue weighted by atomic mass is 10.0. The van der Waals surface area contributed by atoms with Crippen LogP contribution in [-0.2, 0) is 10.0 Å². The molecule has 0 aliphatic carbocycles. The van der Waals surface area contributed by atoms with Crippen LogP contribution in [-0.4, -0.2) is 55.5 Å². The van der Waals surface area contributed by atoms with Gasteiger partial charge in [-0.25, -0.2) is 8.42 Å². The van der Waals surface area contributed by atoms with Crippen molar-refractivity contribution >= 4 is 15.9 Å². The van der Waals surface area contributed by atoms with Gasteiger partial charge in [-0.15, -0.1) is 0 Å². The van der Waals surface area contributed by atoms with Crippen molar-refractivity contribution in [1.29, 1.82) is 0 Å². The minimum atomic E-state index is -3.18. The second-order valence-corrected chi connectivity index (χ2v) is 8.73. The quantitative estimate of drug-likeness (QED) is 0.791. The number of rotatable bonds is 6. The van der Waals surface area contributed by atoms with Crippen LogP contribution in [0.3, 0.4) is 0 Å². The van der Waals surface area contributed by atoms with Crippen molar-refractivity contribution in [3.8, 4) is 0 Å². The molecule has 1 fully saturated rings. The van der Waals surface area contributed by atoms with Crippen LogP contribution in [0.15, 0.2) is 24.3 Å². The fourth-order valence-corrected chi connectivity index (χ4v) is 4.45. The van der Waals surface area contributed by atoms with Gasteiger partial charge in [0.05, 0.1) is 5.75 Å². The van der Waals surface area contributed by atoms with Crippen LogP contribution in [0.4, 0.5) is 0 Å². The zero-order valence-electron chi connectivity index (χ0n) is 14.9. The lowest BCUT2D eigenvalue weighted by molar-refractivity contribution is 0.0698. The lowest BCUT2D eigenvalue weighted by Gasteiger charge is -2.34. The molecule has 1 saturated heterocycles. The molecule has 1 amide bonds. The molecule has 2 rings (SSSR count). The standard InChI is InChI=1S/C18H28N2O3S/c1-4-5-14-24(22,23)20-12-10-19(11-13-20)18(21)17-8-6-16(7-9-17)15(2)3/h6-9,15H,4-5,10-14H2,1-3H3. The highest BCUT2D eigenvalue weighted by Crippen LogP contribution is 2.17. The van der Waals surface area contributed by atoms with E-state index in [1.165, 1.54) is 9.87 Å². The van der Waals surface area contributed by atoms with E-state index in [9.17, 15) is 13.2 Å². The predicted octanol–water partition coefficient (Wildman–Crippen LogP) is 2.70. The van der Waals surface area contributed by atoms with Gasteiger partial charge in [-0.05, 0) is 30.0 Å². The molecule has 0 unspecified atom stereocenters. The van der Waals surface area contributed by atoms with Gasteiger partial charge in [0.25, 0.3) is 5.91 Å². The number of carbonyl (C=O) groups is 1. The molecule has 0 bridgehead atoms. The third-order valence-corrected chi connectivity index (χ3v) is 6.46. The molecule has 1 aliphatic rings. The second-order valence-electron chi connectivity index (χ2n) is 6.64. The predicted molar refractivity (Wildman–Crippen MR) is 96.7 cm³/mol. The number of nitrogens with zero attached hydrogens (tertiary/aromatic N) is 2. The Kier molecular flexibility index (Phi) is 6.40. The first-order valence-corrected chi connectivity index (χ1v) is 10.3. The normalized spacial score (nSPS) is 16.6. The Morgan fingerprint density at radius 2 is 1.67 bits per heavy atom. The van der Waals surface area contributed by atoms with Crippen LogP contribution in [0, 0.1) is 0 Å².